The molecule has 2 N–H and O–H groups in total. The summed E-state index contributed by atoms with van der Waals surface area (Å²) in [7, 11) is 1.61. The predicted molar refractivity (Wildman–Crippen MR) is 96.5 cm³/mol. The number of urea groups is 1. The molecule has 1 saturated heterocycles. The molecule has 0 spiro atoms. The predicted octanol–water partition coefficient (Wildman–Crippen LogP) is 1.57. The molecule has 0 unspecified atom stereocenters. The van der Waals surface area contributed by atoms with Crippen LogP contribution in [0.2, 0.25) is 0 Å². The van der Waals surface area contributed by atoms with Crippen LogP contribution in [0.1, 0.15) is 25.7 Å². The number of carbonyl (C=O) groups excluding carboxylic acids is 1. The number of anilines is 1. The van der Waals surface area contributed by atoms with E-state index in [9.17, 15) is 9.59 Å². The van der Waals surface area contributed by atoms with Crippen LogP contribution in [0.25, 0.3) is 0 Å². The van der Waals surface area contributed by atoms with Gasteiger partial charge in [0.1, 0.15) is 11.6 Å². The molecule has 142 valence electrons. The molecular weight excluding hydrogens is 336 g/mol. The van der Waals surface area contributed by atoms with Crippen molar-refractivity contribution in [3.63, 3.8) is 0 Å². The van der Waals surface area contributed by atoms with Crippen LogP contribution >= 0.6 is 0 Å². The smallest absolute Gasteiger partial charge is 0.317 e. The average Bonchev–Trinajstić information content (AvgIpc) is 2.68. The van der Waals surface area contributed by atoms with E-state index in [0.717, 1.165) is 37.5 Å². The summed E-state index contributed by atoms with van der Waals surface area (Å²) in [5.41, 5.74) is 0. The number of hydrogen-bond acceptors (Lipinski definition) is 5. The number of ether oxygens (including phenoxy) is 1. The molecule has 0 bridgehead atoms. The van der Waals surface area contributed by atoms with Gasteiger partial charge in [-0.2, -0.15) is 0 Å². The Balaban J connectivity index is 1.44. The molecule has 0 radical (unpaired) electrons. The van der Waals surface area contributed by atoms with E-state index in [4.69, 9.17) is 9.84 Å². The van der Waals surface area contributed by atoms with Crippen molar-refractivity contribution in [1.29, 1.82) is 0 Å². The Morgan fingerprint density at radius 1 is 1.15 bits per heavy atom. The van der Waals surface area contributed by atoms with Crippen molar-refractivity contribution in [2.24, 2.45) is 5.92 Å². The molecule has 0 aromatic carbocycles. The number of hydrogen-bond donors (Lipinski definition) is 2. The van der Waals surface area contributed by atoms with E-state index in [-0.39, 0.29) is 18.0 Å². The van der Waals surface area contributed by atoms with Crippen LogP contribution in [0, 0.1) is 5.92 Å². The Hall–Kier alpha value is -2.51. The fourth-order valence-electron chi connectivity index (χ4n) is 3.57. The zero-order chi connectivity index (χ0) is 18.5. The Bertz CT molecular complexity index is 621. The lowest BCUT2D eigenvalue weighted by atomic mass is 9.86. The maximum atomic E-state index is 12.5. The first kappa shape index (κ1) is 18.3. The Kier molecular flexibility index (Phi) is 5.80. The van der Waals surface area contributed by atoms with Gasteiger partial charge in [-0.1, -0.05) is 0 Å². The monoisotopic (exact) mass is 362 g/mol. The maximum Gasteiger partial charge on any atom is 0.317 e. The molecule has 1 aromatic heterocycles. The lowest BCUT2D eigenvalue weighted by Crippen LogP contribution is -2.54. The molecule has 26 heavy (non-hydrogen) atoms. The van der Waals surface area contributed by atoms with Gasteiger partial charge >= 0.3 is 12.0 Å². The number of nitrogens with zero attached hydrogens (tertiary/aromatic N) is 3. The summed E-state index contributed by atoms with van der Waals surface area (Å²) in [5.74, 6) is 0.629. The van der Waals surface area contributed by atoms with Crippen LogP contribution in [-0.4, -0.2) is 66.3 Å². The van der Waals surface area contributed by atoms with E-state index in [2.05, 4.69) is 15.2 Å². The summed E-state index contributed by atoms with van der Waals surface area (Å²) in [5, 5.41) is 12.1. The van der Waals surface area contributed by atoms with E-state index in [1.807, 2.05) is 17.0 Å². The quantitative estimate of drug-likeness (QED) is 0.844. The molecule has 2 aliphatic rings. The Labute approximate surface area is 153 Å². The molecule has 1 aliphatic heterocycles. The largest absolute Gasteiger partial charge is 0.495 e. The van der Waals surface area contributed by atoms with Gasteiger partial charge in [-0.25, -0.2) is 9.78 Å². The highest BCUT2D eigenvalue weighted by atomic mass is 16.5. The third-order valence-electron chi connectivity index (χ3n) is 5.25. The molecular formula is C18H26N4O4. The summed E-state index contributed by atoms with van der Waals surface area (Å²) < 4.78 is 5.12. The number of piperazine rings is 1. The van der Waals surface area contributed by atoms with Crippen molar-refractivity contribution in [3.05, 3.63) is 18.3 Å². The van der Waals surface area contributed by atoms with E-state index in [1.54, 1.807) is 13.3 Å². The zero-order valence-electron chi connectivity index (χ0n) is 15.1. The molecule has 1 aromatic rings. The lowest BCUT2D eigenvalue weighted by Gasteiger charge is -2.36. The van der Waals surface area contributed by atoms with Crippen LogP contribution in [-0.2, 0) is 4.79 Å². The van der Waals surface area contributed by atoms with E-state index in [1.165, 1.54) is 0 Å². The molecule has 0 atom stereocenters. The SMILES string of the molecule is COc1ccc(N2CCN(C(=O)NC3CCC(C(=O)O)CC3)CC2)nc1. The minimum Gasteiger partial charge on any atom is -0.495 e. The molecule has 8 heteroatoms. The standard InChI is InChI=1S/C18H26N4O4/c1-26-15-6-7-16(19-12-15)21-8-10-22(11-9-21)18(25)20-14-4-2-13(3-5-14)17(23)24/h6-7,12-14H,2-5,8-11H2,1H3,(H,20,25)(H,23,24). The number of amides is 2. The third kappa shape index (κ3) is 4.36. The minimum atomic E-state index is -0.724. The zero-order valence-corrected chi connectivity index (χ0v) is 15.1. The summed E-state index contributed by atoms with van der Waals surface area (Å²) in [6.45, 7) is 2.75. The van der Waals surface area contributed by atoms with Gasteiger partial charge in [0.15, 0.2) is 0 Å². The van der Waals surface area contributed by atoms with Gasteiger partial charge in [0.05, 0.1) is 19.2 Å². The van der Waals surface area contributed by atoms with Gasteiger partial charge in [0, 0.05) is 32.2 Å². The van der Waals surface area contributed by atoms with Crippen molar-refractivity contribution in [1.82, 2.24) is 15.2 Å². The van der Waals surface area contributed by atoms with Gasteiger partial charge in [0.2, 0.25) is 0 Å². The minimum absolute atomic E-state index is 0.0499. The second-order valence-electron chi connectivity index (χ2n) is 6.87. The molecule has 2 fully saturated rings. The van der Waals surface area contributed by atoms with Crippen LogP contribution in [0.5, 0.6) is 5.75 Å². The molecule has 3 rings (SSSR count). The lowest BCUT2D eigenvalue weighted by molar-refractivity contribution is -0.142. The van der Waals surface area contributed by atoms with Crippen molar-refractivity contribution in [2.45, 2.75) is 31.7 Å². The number of rotatable bonds is 4. The number of carbonyl (C=O) groups is 2. The van der Waals surface area contributed by atoms with E-state index in [0.29, 0.717) is 25.9 Å². The van der Waals surface area contributed by atoms with Crippen LogP contribution < -0.4 is 15.0 Å². The first-order valence-corrected chi connectivity index (χ1v) is 9.10. The number of aliphatic carboxylic acids is 1. The number of methoxy groups -OCH3 is 1. The van der Waals surface area contributed by atoms with Crippen molar-refractivity contribution in [3.8, 4) is 5.75 Å². The fraction of sp³-hybridized carbons (Fsp3) is 0.611. The van der Waals surface area contributed by atoms with Crippen LogP contribution in [0.15, 0.2) is 18.3 Å². The summed E-state index contributed by atoms with van der Waals surface area (Å²) in [6.07, 6.45) is 4.44. The number of carboxylic acids is 1. The second kappa shape index (κ2) is 8.25. The number of aromatic nitrogens is 1. The van der Waals surface area contributed by atoms with Crippen molar-refractivity contribution >= 4 is 17.8 Å². The molecule has 1 saturated carbocycles. The van der Waals surface area contributed by atoms with Crippen molar-refractivity contribution in [2.75, 3.05) is 38.2 Å². The molecule has 1 aliphatic carbocycles. The first-order valence-electron chi connectivity index (χ1n) is 9.10. The third-order valence-corrected chi connectivity index (χ3v) is 5.25. The van der Waals surface area contributed by atoms with Gasteiger partial charge in [-0.15, -0.1) is 0 Å². The van der Waals surface area contributed by atoms with E-state index >= 15 is 0 Å². The second-order valence-corrected chi connectivity index (χ2v) is 6.87. The Morgan fingerprint density at radius 2 is 1.85 bits per heavy atom. The summed E-state index contributed by atoms with van der Waals surface area (Å²) in [6, 6.07) is 3.84. The van der Waals surface area contributed by atoms with Gasteiger partial charge in [-0.3, -0.25) is 4.79 Å². The topological polar surface area (TPSA) is 95.0 Å². The van der Waals surface area contributed by atoms with E-state index < -0.39 is 5.97 Å². The van der Waals surface area contributed by atoms with Crippen LogP contribution in [0.4, 0.5) is 10.6 Å². The van der Waals surface area contributed by atoms with Gasteiger partial charge in [-0.05, 0) is 37.8 Å². The highest BCUT2D eigenvalue weighted by Gasteiger charge is 2.28. The normalized spacial score (nSPS) is 23.4. The first-order chi connectivity index (χ1) is 12.6. The molecule has 8 nitrogen and oxygen atoms in total. The van der Waals surface area contributed by atoms with Gasteiger partial charge in [0.25, 0.3) is 0 Å². The number of nitrogens with one attached hydrogen (secondary N) is 1. The molecule has 2 amide bonds. The van der Waals surface area contributed by atoms with Crippen LogP contribution in [0.3, 0.4) is 0 Å². The molecule has 2 heterocycles. The van der Waals surface area contributed by atoms with Crippen molar-refractivity contribution < 1.29 is 19.4 Å². The van der Waals surface area contributed by atoms with Gasteiger partial charge < -0.3 is 25.0 Å². The number of carboxylic acid groups (broad SMARTS) is 1. The summed E-state index contributed by atoms with van der Waals surface area (Å²) >= 11 is 0. The fourth-order valence-corrected chi connectivity index (χ4v) is 3.57. The highest BCUT2D eigenvalue weighted by Crippen LogP contribution is 2.24. The summed E-state index contributed by atoms with van der Waals surface area (Å²) in [4.78, 5) is 31.8. The number of pyridine rings is 1. The highest BCUT2D eigenvalue weighted by molar-refractivity contribution is 5.75. The Morgan fingerprint density at radius 3 is 2.38 bits per heavy atom. The maximum absolute atomic E-state index is 12.5. The average molecular weight is 362 g/mol.